The lowest BCUT2D eigenvalue weighted by atomic mass is 9.95. The molecule has 6 heteroatoms. The molecule has 0 atom stereocenters. The Bertz CT molecular complexity index is 1120. The van der Waals surface area contributed by atoms with Crippen LogP contribution in [0.25, 0.3) is 5.70 Å². The number of hydrogen-bond acceptors (Lipinski definition) is 3. The molecule has 1 aliphatic heterocycles. The second kappa shape index (κ2) is 8.03. The lowest BCUT2D eigenvalue weighted by molar-refractivity contribution is -0.137. The number of rotatable bonds is 2. The zero-order chi connectivity index (χ0) is 21.1. The lowest BCUT2D eigenvalue weighted by Gasteiger charge is -2.32. The summed E-state index contributed by atoms with van der Waals surface area (Å²) in [6.45, 7) is 5.66. The molecule has 0 saturated carbocycles. The molecule has 4 rings (SSSR count). The minimum Gasteiger partial charge on any atom is -0.364 e. The molecule has 0 unspecified atom stereocenters. The van der Waals surface area contributed by atoms with Crippen LogP contribution in [0.4, 0.5) is 13.2 Å². The molecule has 150 valence electrons. The fourth-order valence-corrected chi connectivity index (χ4v) is 3.35. The first kappa shape index (κ1) is 19.7. The van der Waals surface area contributed by atoms with Gasteiger partial charge in [0, 0.05) is 41.3 Å². The van der Waals surface area contributed by atoms with Gasteiger partial charge < -0.3 is 4.90 Å². The van der Waals surface area contributed by atoms with Gasteiger partial charge in [-0.15, -0.1) is 0 Å². The summed E-state index contributed by atoms with van der Waals surface area (Å²) in [6, 6.07) is 12.6. The van der Waals surface area contributed by atoms with Gasteiger partial charge in [0.15, 0.2) is 0 Å². The van der Waals surface area contributed by atoms with Crippen molar-refractivity contribution in [2.24, 2.45) is 0 Å². The van der Waals surface area contributed by atoms with Crippen LogP contribution in [0.1, 0.15) is 33.6 Å². The van der Waals surface area contributed by atoms with E-state index in [1.165, 1.54) is 17.7 Å². The predicted octanol–water partition coefficient (Wildman–Crippen LogP) is 4.92. The summed E-state index contributed by atoms with van der Waals surface area (Å²) in [5.74, 6) is 6.71. The summed E-state index contributed by atoms with van der Waals surface area (Å²) in [5, 5.41) is 0. The summed E-state index contributed by atoms with van der Waals surface area (Å²) in [5.41, 5.74) is 3.75. The predicted molar refractivity (Wildman–Crippen MR) is 109 cm³/mol. The maximum Gasteiger partial charge on any atom is 0.416 e. The maximum absolute atomic E-state index is 12.7. The molecule has 0 aliphatic carbocycles. The zero-order valence-electron chi connectivity index (χ0n) is 16.1. The average Bonchev–Trinajstić information content (AvgIpc) is 2.75. The highest BCUT2D eigenvalue weighted by Crippen LogP contribution is 2.30. The largest absolute Gasteiger partial charge is 0.416 e. The maximum atomic E-state index is 12.7. The van der Waals surface area contributed by atoms with Crippen molar-refractivity contribution in [3.05, 3.63) is 101 Å². The molecular formula is C24H18F3N3. The van der Waals surface area contributed by atoms with E-state index in [0.29, 0.717) is 12.1 Å². The van der Waals surface area contributed by atoms with E-state index in [9.17, 15) is 13.2 Å². The molecule has 0 spiro atoms. The van der Waals surface area contributed by atoms with Crippen LogP contribution in [-0.4, -0.2) is 21.4 Å². The Hall–Kier alpha value is -3.59. The van der Waals surface area contributed by atoms with Crippen molar-refractivity contribution in [2.45, 2.75) is 19.1 Å². The molecule has 0 radical (unpaired) electrons. The highest BCUT2D eigenvalue weighted by molar-refractivity contribution is 5.68. The number of hydrogen-bond donors (Lipinski definition) is 0. The van der Waals surface area contributed by atoms with Gasteiger partial charge >= 0.3 is 6.18 Å². The number of nitrogens with zero attached hydrogens (tertiary/aromatic N) is 3. The Morgan fingerprint density at radius 3 is 2.33 bits per heavy atom. The normalized spacial score (nSPS) is 13.4. The Kier molecular flexibility index (Phi) is 5.28. The van der Waals surface area contributed by atoms with Crippen molar-refractivity contribution >= 4 is 5.70 Å². The van der Waals surface area contributed by atoms with Crippen LogP contribution < -0.4 is 0 Å². The number of benzene rings is 2. The highest BCUT2D eigenvalue weighted by atomic mass is 19.4. The molecule has 0 amide bonds. The SMILES string of the molecule is C=C1c2cc(C#Cc3ccc(C(F)(F)F)cc3)ccc2CCN1Cc1ncccn1. The fourth-order valence-electron chi connectivity index (χ4n) is 3.35. The Balaban J connectivity index is 1.53. The first-order valence-electron chi connectivity index (χ1n) is 9.42. The standard InChI is InChI=1S/C24H18F3N3/c1-17-22-15-19(4-3-18-6-9-21(10-7-18)24(25,26)27)5-8-20(22)11-14-30(17)16-23-28-12-2-13-29-23/h2,5-10,12-13,15H,1,11,14,16H2. The minimum atomic E-state index is -4.35. The molecule has 2 heterocycles. The van der Waals surface area contributed by atoms with E-state index in [1.54, 1.807) is 18.5 Å². The molecular weight excluding hydrogens is 387 g/mol. The fraction of sp³-hybridized carbons (Fsp3) is 0.167. The Labute approximate surface area is 172 Å². The summed E-state index contributed by atoms with van der Waals surface area (Å²) >= 11 is 0. The van der Waals surface area contributed by atoms with Gasteiger partial charge in [-0.1, -0.05) is 24.5 Å². The van der Waals surface area contributed by atoms with E-state index in [1.807, 2.05) is 18.2 Å². The molecule has 1 aliphatic rings. The van der Waals surface area contributed by atoms with E-state index in [0.717, 1.165) is 47.7 Å². The molecule has 0 fully saturated rings. The second-order valence-electron chi connectivity index (χ2n) is 6.98. The molecule has 3 nitrogen and oxygen atoms in total. The van der Waals surface area contributed by atoms with Crippen LogP contribution >= 0.6 is 0 Å². The van der Waals surface area contributed by atoms with Gasteiger partial charge in [-0.2, -0.15) is 13.2 Å². The molecule has 2 aromatic carbocycles. The van der Waals surface area contributed by atoms with Crippen LogP contribution in [0, 0.1) is 11.8 Å². The third-order valence-electron chi connectivity index (χ3n) is 4.97. The van der Waals surface area contributed by atoms with Gasteiger partial charge in [0.1, 0.15) is 5.82 Å². The van der Waals surface area contributed by atoms with Crippen LogP contribution in [-0.2, 0) is 19.1 Å². The summed E-state index contributed by atoms with van der Waals surface area (Å²) < 4.78 is 38.0. The van der Waals surface area contributed by atoms with Crippen molar-refractivity contribution in [1.29, 1.82) is 0 Å². The smallest absolute Gasteiger partial charge is 0.364 e. The summed E-state index contributed by atoms with van der Waals surface area (Å²) in [4.78, 5) is 10.7. The van der Waals surface area contributed by atoms with Crippen molar-refractivity contribution in [2.75, 3.05) is 6.54 Å². The Morgan fingerprint density at radius 2 is 1.63 bits per heavy atom. The third kappa shape index (κ3) is 4.36. The van der Waals surface area contributed by atoms with Gasteiger partial charge in [-0.3, -0.25) is 0 Å². The number of halogens is 3. The molecule has 3 aromatic rings. The van der Waals surface area contributed by atoms with E-state index < -0.39 is 11.7 Å². The van der Waals surface area contributed by atoms with Gasteiger partial charge in [-0.05, 0) is 54.4 Å². The molecule has 0 bridgehead atoms. The van der Waals surface area contributed by atoms with E-state index in [2.05, 4.69) is 33.3 Å². The quantitative estimate of drug-likeness (QED) is 0.567. The minimum absolute atomic E-state index is 0.530. The van der Waals surface area contributed by atoms with Crippen LogP contribution in [0.15, 0.2) is 67.5 Å². The van der Waals surface area contributed by atoms with Gasteiger partial charge in [0.25, 0.3) is 0 Å². The zero-order valence-corrected chi connectivity index (χ0v) is 16.1. The second-order valence-corrected chi connectivity index (χ2v) is 6.98. The monoisotopic (exact) mass is 405 g/mol. The van der Waals surface area contributed by atoms with Crippen molar-refractivity contribution < 1.29 is 13.2 Å². The number of fused-ring (bicyclic) bond motifs is 1. The molecule has 30 heavy (non-hydrogen) atoms. The molecule has 0 N–H and O–H groups in total. The number of alkyl halides is 3. The van der Waals surface area contributed by atoms with Crippen LogP contribution in [0.3, 0.4) is 0 Å². The van der Waals surface area contributed by atoms with Crippen molar-refractivity contribution in [1.82, 2.24) is 14.9 Å². The molecule has 0 saturated heterocycles. The van der Waals surface area contributed by atoms with Gasteiger partial charge in [0.05, 0.1) is 12.1 Å². The van der Waals surface area contributed by atoms with Crippen LogP contribution in [0.5, 0.6) is 0 Å². The average molecular weight is 405 g/mol. The molecule has 1 aromatic heterocycles. The number of aromatic nitrogens is 2. The van der Waals surface area contributed by atoms with Crippen molar-refractivity contribution in [3.63, 3.8) is 0 Å². The van der Waals surface area contributed by atoms with Gasteiger partial charge in [0.2, 0.25) is 0 Å². The van der Waals surface area contributed by atoms with E-state index in [-0.39, 0.29) is 0 Å². The third-order valence-corrected chi connectivity index (χ3v) is 4.97. The first-order valence-corrected chi connectivity index (χ1v) is 9.42. The highest BCUT2D eigenvalue weighted by Gasteiger charge is 2.29. The lowest BCUT2D eigenvalue weighted by Crippen LogP contribution is -2.29. The first-order chi connectivity index (χ1) is 14.4. The Morgan fingerprint density at radius 1 is 0.967 bits per heavy atom. The summed E-state index contributed by atoms with van der Waals surface area (Å²) in [6.07, 6.45) is -0.0227. The topological polar surface area (TPSA) is 29.0 Å². The van der Waals surface area contributed by atoms with Crippen LogP contribution in [0.2, 0.25) is 0 Å². The van der Waals surface area contributed by atoms with Crippen molar-refractivity contribution in [3.8, 4) is 11.8 Å². The van der Waals surface area contributed by atoms with E-state index >= 15 is 0 Å². The summed E-state index contributed by atoms with van der Waals surface area (Å²) in [7, 11) is 0. The van der Waals surface area contributed by atoms with Gasteiger partial charge in [-0.25, -0.2) is 9.97 Å². The van der Waals surface area contributed by atoms with E-state index in [4.69, 9.17) is 0 Å².